The highest BCUT2D eigenvalue weighted by molar-refractivity contribution is 5.95. The van der Waals surface area contributed by atoms with Gasteiger partial charge in [0.25, 0.3) is 5.91 Å². The van der Waals surface area contributed by atoms with Crippen molar-refractivity contribution in [3.63, 3.8) is 0 Å². The molecule has 0 saturated carbocycles. The molecule has 1 N–H and O–H groups in total. The number of hydrogen-bond acceptors (Lipinski definition) is 5. The molecular weight excluding hydrogens is 348 g/mol. The molecule has 2 amide bonds. The van der Waals surface area contributed by atoms with Gasteiger partial charge in [-0.3, -0.25) is 9.59 Å². The molecule has 2 fully saturated rings. The molecule has 148 valence electrons. The third kappa shape index (κ3) is 4.91. The van der Waals surface area contributed by atoms with E-state index in [1.807, 2.05) is 0 Å². The summed E-state index contributed by atoms with van der Waals surface area (Å²) in [4.78, 5) is 27.0. The molecule has 0 aromatic heterocycles. The minimum Gasteiger partial charge on any atom is -0.497 e. The van der Waals surface area contributed by atoms with E-state index < -0.39 is 0 Å². The second-order valence-electron chi connectivity index (χ2n) is 7.05. The summed E-state index contributed by atoms with van der Waals surface area (Å²) in [5, 5.41) is 3.00. The predicted molar refractivity (Wildman–Crippen MR) is 100 cm³/mol. The number of ether oxygens (including phenoxy) is 3. The number of carbonyl (C=O) groups is 2. The van der Waals surface area contributed by atoms with E-state index >= 15 is 0 Å². The van der Waals surface area contributed by atoms with Gasteiger partial charge in [-0.1, -0.05) is 0 Å². The van der Waals surface area contributed by atoms with E-state index in [2.05, 4.69) is 5.32 Å². The van der Waals surface area contributed by atoms with Crippen LogP contribution in [0.5, 0.6) is 11.5 Å². The molecule has 2 aliphatic rings. The van der Waals surface area contributed by atoms with Crippen LogP contribution in [0.3, 0.4) is 0 Å². The maximum atomic E-state index is 12.8. The summed E-state index contributed by atoms with van der Waals surface area (Å²) < 4.78 is 16.0. The van der Waals surface area contributed by atoms with Crippen molar-refractivity contribution >= 4 is 11.8 Å². The lowest BCUT2D eigenvalue weighted by molar-refractivity contribution is -0.126. The van der Waals surface area contributed by atoms with Gasteiger partial charge >= 0.3 is 0 Å². The molecule has 7 nitrogen and oxygen atoms in total. The number of nitrogens with zero attached hydrogens (tertiary/aromatic N) is 1. The van der Waals surface area contributed by atoms with Gasteiger partial charge in [-0.15, -0.1) is 0 Å². The Kier molecular flexibility index (Phi) is 6.55. The zero-order valence-electron chi connectivity index (χ0n) is 16.0. The fraction of sp³-hybridized carbons (Fsp3) is 0.600. The van der Waals surface area contributed by atoms with Crippen LogP contribution in [0.15, 0.2) is 18.2 Å². The van der Waals surface area contributed by atoms with E-state index in [1.54, 1.807) is 37.3 Å². The van der Waals surface area contributed by atoms with Crippen LogP contribution in [0.25, 0.3) is 0 Å². The van der Waals surface area contributed by atoms with Gasteiger partial charge in [0.05, 0.1) is 20.3 Å². The van der Waals surface area contributed by atoms with Crippen molar-refractivity contribution in [1.29, 1.82) is 0 Å². The number of methoxy groups -OCH3 is 2. The van der Waals surface area contributed by atoms with Crippen LogP contribution in [-0.2, 0) is 9.53 Å². The first-order chi connectivity index (χ1) is 13.1. The second kappa shape index (κ2) is 9.08. The van der Waals surface area contributed by atoms with Crippen LogP contribution in [0.2, 0.25) is 0 Å². The number of hydrogen-bond donors (Lipinski definition) is 1. The van der Waals surface area contributed by atoms with Gasteiger partial charge in [0, 0.05) is 43.8 Å². The summed E-state index contributed by atoms with van der Waals surface area (Å²) >= 11 is 0. The zero-order chi connectivity index (χ0) is 19.2. The fourth-order valence-corrected chi connectivity index (χ4v) is 3.62. The smallest absolute Gasteiger partial charge is 0.254 e. The van der Waals surface area contributed by atoms with Crippen molar-refractivity contribution in [2.45, 2.75) is 31.8 Å². The summed E-state index contributed by atoms with van der Waals surface area (Å²) in [6, 6.07) is 5.16. The first kappa shape index (κ1) is 19.5. The van der Waals surface area contributed by atoms with E-state index in [1.165, 1.54) is 0 Å². The summed E-state index contributed by atoms with van der Waals surface area (Å²) in [5.74, 6) is 1.13. The molecule has 3 rings (SSSR count). The van der Waals surface area contributed by atoms with Crippen LogP contribution in [0, 0.1) is 5.92 Å². The lowest BCUT2D eigenvalue weighted by Gasteiger charge is -2.31. The molecule has 7 heteroatoms. The number of piperidine rings is 1. The lowest BCUT2D eigenvalue weighted by Crippen LogP contribution is -2.44. The average molecular weight is 376 g/mol. The Hall–Kier alpha value is -2.28. The van der Waals surface area contributed by atoms with Gasteiger partial charge in [0.15, 0.2) is 0 Å². The Morgan fingerprint density at radius 2 is 1.78 bits per heavy atom. The maximum Gasteiger partial charge on any atom is 0.254 e. The van der Waals surface area contributed by atoms with Crippen LogP contribution in [-0.4, -0.2) is 63.3 Å². The molecule has 1 atom stereocenters. The lowest BCUT2D eigenvalue weighted by atomic mass is 9.95. The summed E-state index contributed by atoms with van der Waals surface area (Å²) in [6.07, 6.45) is 3.57. The first-order valence-corrected chi connectivity index (χ1v) is 9.52. The van der Waals surface area contributed by atoms with Crippen LogP contribution < -0.4 is 14.8 Å². The molecule has 0 aliphatic carbocycles. The number of amides is 2. The highest BCUT2D eigenvalue weighted by Gasteiger charge is 2.28. The molecule has 0 spiro atoms. The predicted octanol–water partition coefficient (Wildman–Crippen LogP) is 1.85. The minimum atomic E-state index is -0.0644. The van der Waals surface area contributed by atoms with E-state index in [4.69, 9.17) is 14.2 Å². The fourth-order valence-electron chi connectivity index (χ4n) is 3.62. The Balaban J connectivity index is 1.52. The minimum absolute atomic E-state index is 0.0460. The van der Waals surface area contributed by atoms with E-state index in [0.29, 0.717) is 49.5 Å². The molecule has 2 heterocycles. The maximum absolute atomic E-state index is 12.8. The SMILES string of the molecule is COc1cc(OC)cc(C(=O)N2CCC(C(=O)NC[C@@H]3CCCO3)CC2)c1. The molecule has 27 heavy (non-hydrogen) atoms. The average Bonchev–Trinajstić information content (AvgIpc) is 3.24. The topological polar surface area (TPSA) is 77.1 Å². The number of rotatable bonds is 6. The first-order valence-electron chi connectivity index (χ1n) is 9.52. The normalized spacial score (nSPS) is 20.4. The molecule has 0 bridgehead atoms. The number of carbonyl (C=O) groups excluding carboxylic acids is 2. The standard InChI is InChI=1S/C20H28N2O5/c1-25-17-10-15(11-18(12-17)26-2)20(24)22-7-5-14(6-8-22)19(23)21-13-16-4-3-9-27-16/h10-12,14,16H,3-9,13H2,1-2H3,(H,21,23)/t16-/m0/s1. The molecular formula is C20H28N2O5. The van der Waals surface area contributed by atoms with Crippen molar-refractivity contribution in [3.05, 3.63) is 23.8 Å². The number of benzene rings is 1. The van der Waals surface area contributed by atoms with Gasteiger partial charge in [-0.2, -0.15) is 0 Å². The van der Waals surface area contributed by atoms with Crippen LogP contribution in [0.4, 0.5) is 0 Å². The third-order valence-corrected chi connectivity index (χ3v) is 5.28. The van der Waals surface area contributed by atoms with Crippen molar-refractivity contribution in [2.75, 3.05) is 40.5 Å². The highest BCUT2D eigenvalue weighted by Crippen LogP contribution is 2.25. The molecule has 2 saturated heterocycles. The van der Waals surface area contributed by atoms with Crippen molar-refractivity contribution < 1.29 is 23.8 Å². The van der Waals surface area contributed by atoms with Crippen molar-refractivity contribution in [1.82, 2.24) is 10.2 Å². The zero-order valence-corrected chi connectivity index (χ0v) is 16.0. The molecule has 0 radical (unpaired) electrons. The van der Waals surface area contributed by atoms with Crippen LogP contribution >= 0.6 is 0 Å². The van der Waals surface area contributed by atoms with Crippen LogP contribution in [0.1, 0.15) is 36.0 Å². The van der Waals surface area contributed by atoms with Gasteiger partial charge in [0.2, 0.25) is 5.91 Å². The Morgan fingerprint density at radius 1 is 1.11 bits per heavy atom. The van der Waals surface area contributed by atoms with Gasteiger partial charge in [-0.05, 0) is 37.8 Å². The number of likely N-dealkylation sites (tertiary alicyclic amines) is 1. The number of nitrogens with one attached hydrogen (secondary N) is 1. The second-order valence-corrected chi connectivity index (χ2v) is 7.05. The van der Waals surface area contributed by atoms with Gasteiger partial charge in [0.1, 0.15) is 11.5 Å². The third-order valence-electron chi connectivity index (χ3n) is 5.28. The molecule has 1 aromatic rings. The largest absolute Gasteiger partial charge is 0.497 e. The van der Waals surface area contributed by atoms with E-state index in [0.717, 1.165) is 19.4 Å². The Morgan fingerprint density at radius 3 is 2.33 bits per heavy atom. The van der Waals surface area contributed by atoms with E-state index in [-0.39, 0.29) is 23.8 Å². The Bertz CT molecular complexity index is 642. The highest BCUT2D eigenvalue weighted by atomic mass is 16.5. The summed E-state index contributed by atoms with van der Waals surface area (Å²) in [7, 11) is 3.12. The summed E-state index contributed by atoms with van der Waals surface area (Å²) in [5.41, 5.74) is 0.535. The monoisotopic (exact) mass is 376 g/mol. The van der Waals surface area contributed by atoms with Crippen molar-refractivity contribution in [3.8, 4) is 11.5 Å². The molecule has 2 aliphatic heterocycles. The molecule has 1 aromatic carbocycles. The quantitative estimate of drug-likeness (QED) is 0.820. The van der Waals surface area contributed by atoms with Gasteiger partial charge < -0.3 is 24.4 Å². The van der Waals surface area contributed by atoms with E-state index in [9.17, 15) is 9.59 Å². The Labute approximate surface area is 160 Å². The van der Waals surface area contributed by atoms with Crippen molar-refractivity contribution in [2.24, 2.45) is 5.92 Å². The van der Waals surface area contributed by atoms with Gasteiger partial charge in [-0.25, -0.2) is 0 Å². The molecule has 0 unspecified atom stereocenters. The summed E-state index contributed by atoms with van der Waals surface area (Å²) in [6.45, 7) is 2.50.